The molecule has 0 bridgehead atoms. The Labute approximate surface area is 227 Å². The molecule has 10 heteroatoms. The Kier molecular flexibility index (Phi) is 7.07. The van der Waals surface area contributed by atoms with Crippen molar-refractivity contribution in [3.8, 4) is 11.3 Å². The van der Waals surface area contributed by atoms with Gasteiger partial charge in [0.2, 0.25) is 0 Å². The summed E-state index contributed by atoms with van der Waals surface area (Å²) in [5.74, 6) is 0. The molecule has 10 nitrogen and oxygen atoms in total. The molecule has 1 aromatic carbocycles. The Hall–Kier alpha value is -3.92. The summed E-state index contributed by atoms with van der Waals surface area (Å²) in [6, 6.07) is 8.14. The minimum atomic E-state index is -0.506. The molecule has 1 fully saturated rings. The molecular weight excluding hydrogens is 496 g/mol. The summed E-state index contributed by atoms with van der Waals surface area (Å²) in [7, 11) is 0. The van der Waals surface area contributed by atoms with Crippen molar-refractivity contribution in [3.63, 3.8) is 0 Å². The number of carbonyl (C=O) groups is 1. The van der Waals surface area contributed by atoms with Crippen molar-refractivity contribution < 1.29 is 13.9 Å². The molecule has 0 saturated carbocycles. The monoisotopic (exact) mass is 532 g/mol. The number of benzene rings is 1. The van der Waals surface area contributed by atoms with Crippen LogP contribution in [0.4, 0.5) is 10.5 Å². The largest absolute Gasteiger partial charge is 0.444 e. The van der Waals surface area contributed by atoms with Crippen LogP contribution in [-0.2, 0) is 4.74 Å². The van der Waals surface area contributed by atoms with Crippen LogP contribution < -0.4 is 15.8 Å². The second-order valence-corrected chi connectivity index (χ2v) is 11.3. The summed E-state index contributed by atoms with van der Waals surface area (Å²) >= 11 is 0. The number of amides is 1. The number of nitrogens with one attached hydrogen (secondary N) is 1. The molecule has 0 radical (unpaired) electrons. The highest BCUT2D eigenvalue weighted by atomic mass is 16.6. The van der Waals surface area contributed by atoms with Crippen LogP contribution in [0.5, 0.6) is 0 Å². The molecule has 1 atom stereocenters. The van der Waals surface area contributed by atoms with Gasteiger partial charge in [0.25, 0.3) is 0 Å². The summed E-state index contributed by atoms with van der Waals surface area (Å²) in [6.45, 7) is 15.4. The molecule has 0 spiro atoms. The number of alkyl carbamates (subject to hydrolysis) is 1. The van der Waals surface area contributed by atoms with Crippen LogP contribution in [0, 0.1) is 13.8 Å². The molecule has 4 aromatic rings. The minimum absolute atomic E-state index is 0.292. The lowest BCUT2D eigenvalue weighted by atomic mass is 10.1. The van der Waals surface area contributed by atoms with E-state index in [-0.39, 0.29) is 0 Å². The van der Waals surface area contributed by atoms with Gasteiger partial charge in [-0.2, -0.15) is 0 Å². The molecule has 4 heterocycles. The van der Waals surface area contributed by atoms with Gasteiger partial charge in [0, 0.05) is 68.3 Å². The van der Waals surface area contributed by atoms with Gasteiger partial charge in [-0.25, -0.2) is 14.6 Å². The van der Waals surface area contributed by atoms with Gasteiger partial charge in [-0.05, 0) is 59.7 Å². The Balaban J connectivity index is 1.27. The zero-order chi connectivity index (χ0) is 27.9. The number of fused-ring (bicyclic) bond motifs is 2. The highest BCUT2D eigenvalue weighted by Gasteiger charge is 2.25. The number of aryl methyl sites for hydroxylation is 2. The third-order valence-electron chi connectivity index (χ3n) is 6.92. The molecule has 39 heavy (non-hydrogen) atoms. The first-order chi connectivity index (χ1) is 18.5. The number of anilines is 1. The molecule has 0 unspecified atom stereocenters. The topological polar surface area (TPSA) is 105 Å². The quantitative estimate of drug-likeness (QED) is 0.382. The van der Waals surface area contributed by atoms with Gasteiger partial charge in [-0.1, -0.05) is 0 Å². The maximum absolute atomic E-state index is 13.0. The third-order valence-corrected chi connectivity index (χ3v) is 6.92. The van der Waals surface area contributed by atoms with E-state index in [1.54, 1.807) is 0 Å². The number of nitrogens with zero attached hydrogens (tertiary/aromatic N) is 5. The predicted molar refractivity (Wildman–Crippen MR) is 151 cm³/mol. The van der Waals surface area contributed by atoms with E-state index < -0.39 is 17.3 Å². The summed E-state index contributed by atoms with van der Waals surface area (Å²) in [6.07, 6.45) is 3.34. The lowest BCUT2D eigenvalue weighted by Crippen LogP contribution is -2.53. The first-order valence-electron chi connectivity index (χ1n) is 13.3. The van der Waals surface area contributed by atoms with Crippen LogP contribution >= 0.6 is 0 Å². The van der Waals surface area contributed by atoms with Crippen LogP contribution in [0.25, 0.3) is 27.9 Å². The van der Waals surface area contributed by atoms with Crippen molar-refractivity contribution in [2.45, 2.75) is 53.2 Å². The Morgan fingerprint density at radius 1 is 1.15 bits per heavy atom. The van der Waals surface area contributed by atoms with Gasteiger partial charge in [-0.15, -0.1) is 0 Å². The van der Waals surface area contributed by atoms with Gasteiger partial charge in [0.1, 0.15) is 11.2 Å². The van der Waals surface area contributed by atoms with E-state index >= 15 is 0 Å². The van der Waals surface area contributed by atoms with Gasteiger partial charge >= 0.3 is 11.7 Å². The van der Waals surface area contributed by atoms with Crippen LogP contribution in [0.2, 0.25) is 0 Å². The van der Waals surface area contributed by atoms with Gasteiger partial charge < -0.3 is 23.8 Å². The number of hydrogen-bond donors (Lipinski definition) is 1. The molecule has 3 aromatic heterocycles. The van der Waals surface area contributed by atoms with Crippen molar-refractivity contribution in [2.75, 3.05) is 37.6 Å². The number of aromatic nitrogens is 3. The van der Waals surface area contributed by atoms with E-state index in [1.807, 2.05) is 69.6 Å². The molecule has 5 rings (SSSR count). The molecule has 1 saturated heterocycles. The van der Waals surface area contributed by atoms with E-state index in [0.29, 0.717) is 29.4 Å². The van der Waals surface area contributed by atoms with Crippen molar-refractivity contribution >= 4 is 28.4 Å². The van der Waals surface area contributed by atoms with Crippen LogP contribution in [0.3, 0.4) is 0 Å². The molecule has 1 aliphatic rings. The summed E-state index contributed by atoms with van der Waals surface area (Å²) in [5, 5.41) is 3.68. The number of ether oxygens (including phenoxy) is 1. The summed E-state index contributed by atoms with van der Waals surface area (Å²) in [5.41, 5.74) is 4.06. The van der Waals surface area contributed by atoms with Gasteiger partial charge in [0.05, 0.1) is 22.6 Å². The van der Waals surface area contributed by atoms with Crippen LogP contribution in [0.15, 0.2) is 45.9 Å². The zero-order valence-corrected chi connectivity index (χ0v) is 23.4. The van der Waals surface area contributed by atoms with Gasteiger partial charge in [0.15, 0.2) is 5.65 Å². The Morgan fingerprint density at radius 2 is 1.95 bits per heavy atom. The first-order valence-corrected chi connectivity index (χ1v) is 13.3. The average molecular weight is 533 g/mol. The average Bonchev–Trinajstić information content (AvgIpc) is 3.27. The fraction of sp³-hybridized carbons (Fsp3) is 0.448. The highest BCUT2D eigenvalue weighted by Crippen LogP contribution is 2.27. The smallest absolute Gasteiger partial charge is 0.407 e. The standard InChI is InChI=1S/C29H36N6O4/c1-18-15-35-17-24(32-26(35)20(3)31-18)23-13-21-7-8-22(14-25(21)38-27(23)36)34-12-11-33(19(2)16-34)10-9-30-28(37)39-29(4,5)6/h7-8,13-15,17,19H,9-12,16H2,1-6H3,(H,30,37)/t19-/m0/s1. The van der Waals surface area contributed by atoms with Crippen molar-refractivity contribution in [1.29, 1.82) is 0 Å². The maximum Gasteiger partial charge on any atom is 0.407 e. The fourth-order valence-electron chi connectivity index (χ4n) is 5.09. The third kappa shape index (κ3) is 5.90. The van der Waals surface area contributed by atoms with E-state index in [4.69, 9.17) is 9.15 Å². The first kappa shape index (κ1) is 26.7. The number of imidazole rings is 1. The lowest BCUT2D eigenvalue weighted by molar-refractivity contribution is 0.0517. The van der Waals surface area contributed by atoms with Crippen molar-refractivity contribution in [2.24, 2.45) is 0 Å². The second-order valence-electron chi connectivity index (χ2n) is 11.3. The number of piperazine rings is 1. The summed E-state index contributed by atoms with van der Waals surface area (Å²) < 4.78 is 13.0. The maximum atomic E-state index is 13.0. The molecule has 0 aliphatic carbocycles. The molecule has 1 amide bonds. The predicted octanol–water partition coefficient (Wildman–Crippen LogP) is 4.15. The van der Waals surface area contributed by atoms with E-state index in [1.165, 1.54) is 0 Å². The SMILES string of the molecule is Cc1cn2cc(-c3cc4ccc(N5CCN(CCNC(=O)OC(C)(C)C)[C@@H](C)C5)cc4oc3=O)nc2c(C)n1. The Bertz CT molecular complexity index is 1580. The number of rotatable bonds is 5. The molecule has 206 valence electrons. The number of carbonyl (C=O) groups excluding carboxylic acids is 1. The van der Waals surface area contributed by atoms with Crippen molar-refractivity contribution in [1.82, 2.24) is 24.6 Å². The summed E-state index contributed by atoms with van der Waals surface area (Å²) in [4.78, 5) is 38.7. The molecular formula is C29H36N6O4. The zero-order valence-electron chi connectivity index (χ0n) is 23.4. The molecule has 1 N–H and O–H groups in total. The normalized spacial score (nSPS) is 16.7. The van der Waals surface area contributed by atoms with Gasteiger partial charge in [-0.3, -0.25) is 9.88 Å². The van der Waals surface area contributed by atoms with E-state index in [2.05, 4.69) is 38.1 Å². The highest BCUT2D eigenvalue weighted by molar-refractivity contribution is 5.84. The fourth-order valence-corrected chi connectivity index (χ4v) is 5.09. The number of hydrogen-bond acceptors (Lipinski definition) is 8. The minimum Gasteiger partial charge on any atom is -0.444 e. The van der Waals surface area contributed by atoms with Crippen molar-refractivity contribution in [3.05, 3.63) is 58.5 Å². The molecule has 1 aliphatic heterocycles. The lowest BCUT2D eigenvalue weighted by Gasteiger charge is -2.41. The van der Waals surface area contributed by atoms with E-state index in [9.17, 15) is 9.59 Å². The van der Waals surface area contributed by atoms with Crippen LogP contribution in [-0.4, -0.2) is 69.7 Å². The van der Waals surface area contributed by atoms with Crippen LogP contribution in [0.1, 0.15) is 39.1 Å². The van der Waals surface area contributed by atoms with E-state index in [0.717, 1.165) is 54.3 Å². The second kappa shape index (κ2) is 10.3. The Morgan fingerprint density at radius 3 is 2.69 bits per heavy atom.